The fourth-order valence-corrected chi connectivity index (χ4v) is 3.10. The third kappa shape index (κ3) is 2.19. The van der Waals surface area contributed by atoms with Crippen molar-refractivity contribution >= 4 is 18.2 Å². The first-order valence-electron chi connectivity index (χ1n) is 6.75. The van der Waals surface area contributed by atoms with Crippen molar-refractivity contribution in [1.82, 2.24) is 19.7 Å². The number of aromatic amines is 1. The monoisotopic (exact) mass is 267 g/mol. The molecule has 1 atom stereocenters. The minimum absolute atomic E-state index is 0.548. The number of likely N-dealkylation sites (tertiary alicyclic amines) is 1. The van der Waals surface area contributed by atoms with Crippen LogP contribution in [0.2, 0.25) is 0 Å². The maximum absolute atomic E-state index is 5.34. The Morgan fingerprint density at radius 2 is 2.17 bits per heavy atom. The largest absolute Gasteiger partial charge is 0.340 e. The van der Waals surface area contributed by atoms with Gasteiger partial charge in [0.1, 0.15) is 0 Å². The summed E-state index contributed by atoms with van der Waals surface area (Å²) >= 11 is 5.34. The second-order valence-electron chi connectivity index (χ2n) is 5.60. The van der Waals surface area contributed by atoms with Crippen molar-refractivity contribution in [3.8, 4) is 0 Å². The van der Waals surface area contributed by atoms with Crippen LogP contribution in [0.5, 0.6) is 0 Å². The molecular formula is C12H21N5S. The Morgan fingerprint density at radius 3 is 2.83 bits per heavy atom. The van der Waals surface area contributed by atoms with Crippen molar-refractivity contribution < 1.29 is 0 Å². The molecule has 1 saturated heterocycles. The van der Waals surface area contributed by atoms with E-state index in [0.717, 1.165) is 17.3 Å². The Balaban J connectivity index is 1.83. The predicted molar refractivity (Wildman–Crippen MR) is 74.6 cm³/mol. The Labute approximate surface area is 113 Å². The van der Waals surface area contributed by atoms with Gasteiger partial charge in [-0.1, -0.05) is 0 Å². The highest BCUT2D eigenvalue weighted by molar-refractivity contribution is 7.71. The molecule has 3 rings (SSSR count). The van der Waals surface area contributed by atoms with Crippen LogP contribution in [0.3, 0.4) is 0 Å². The van der Waals surface area contributed by atoms with E-state index in [-0.39, 0.29) is 0 Å². The van der Waals surface area contributed by atoms with Gasteiger partial charge in [0.2, 0.25) is 5.95 Å². The maximum atomic E-state index is 5.34. The Kier molecular flexibility index (Phi) is 3.15. The zero-order valence-corrected chi connectivity index (χ0v) is 11.9. The van der Waals surface area contributed by atoms with Gasteiger partial charge in [0.05, 0.1) is 0 Å². The number of rotatable bonds is 3. The van der Waals surface area contributed by atoms with Gasteiger partial charge < -0.3 is 9.80 Å². The summed E-state index contributed by atoms with van der Waals surface area (Å²) in [5.74, 6) is 1.02. The van der Waals surface area contributed by atoms with Gasteiger partial charge in [0.25, 0.3) is 0 Å². The van der Waals surface area contributed by atoms with E-state index in [1.54, 1.807) is 0 Å². The molecule has 0 amide bonds. The zero-order chi connectivity index (χ0) is 12.7. The van der Waals surface area contributed by atoms with E-state index >= 15 is 0 Å². The molecule has 2 heterocycles. The van der Waals surface area contributed by atoms with Gasteiger partial charge in [-0.15, -0.1) is 5.10 Å². The number of hydrogen-bond donors (Lipinski definition) is 1. The molecule has 0 aromatic carbocycles. The fraction of sp³-hybridized carbons (Fsp3) is 0.833. The quantitative estimate of drug-likeness (QED) is 0.848. The number of hydrogen-bond acceptors (Lipinski definition) is 4. The van der Waals surface area contributed by atoms with Gasteiger partial charge in [-0.05, 0) is 51.5 Å². The fourth-order valence-electron chi connectivity index (χ4n) is 2.83. The van der Waals surface area contributed by atoms with Crippen LogP contribution in [0, 0.1) is 4.77 Å². The molecule has 0 radical (unpaired) electrons. The summed E-state index contributed by atoms with van der Waals surface area (Å²) in [4.78, 5) is 4.70. The smallest absolute Gasteiger partial charge is 0.226 e. The lowest BCUT2D eigenvalue weighted by atomic mass is 10.1. The second-order valence-corrected chi connectivity index (χ2v) is 5.99. The van der Waals surface area contributed by atoms with E-state index in [2.05, 4.69) is 38.7 Å². The summed E-state index contributed by atoms with van der Waals surface area (Å²) in [6, 6.07) is 1.13. The van der Waals surface area contributed by atoms with Gasteiger partial charge in [0.15, 0.2) is 4.77 Å². The predicted octanol–water partition coefficient (Wildman–Crippen LogP) is 1.81. The summed E-state index contributed by atoms with van der Waals surface area (Å²) in [7, 11) is 4.34. The summed E-state index contributed by atoms with van der Waals surface area (Å²) in [5, 5.41) is 7.38. The summed E-state index contributed by atoms with van der Waals surface area (Å²) in [6.07, 6.45) is 4.98. The molecule has 18 heavy (non-hydrogen) atoms. The van der Waals surface area contributed by atoms with Crippen LogP contribution in [0.15, 0.2) is 0 Å². The van der Waals surface area contributed by atoms with Crippen molar-refractivity contribution in [3.05, 3.63) is 4.77 Å². The molecule has 100 valence electrons. The van der Waals surface area contributed by atoms with E-state index in [0.29, 0.717) is 12.1 Å². The van der Waals surface area contributed by atoms with Gasteiger partial charge in [-0.3, -0.25) is 4.57 Å². The van der Waals surface area contributed by atoms with Crippen LogP contribution in [-0.2, 0) is 0 Å². The lowest BCUT2D eigenvalue weighted by molar-refractivity contribution is 0.246. The molecule has 2 fully saturated rings. The zero-order valence-electron chi connectivity index (χ0n) is 11.1. The van der Waals surface area contributed by atoms with Crippen molar-refractivity contribution in [2.75, 3.05) is 32.1 Å². The summed E-state index contributed by atoms with van der Waals surface area (Å²) < 4.78 is 2.97. The molecule has 0 bridgehead atoms. The number of H-pyrrole nitrogens is 1. The van der Waals surface area contributed by atoms with Crippen LogP contribution in [-0.4, -0.2) is 52.9 Å². The van der Waals surface area contributed by atoms with Crippen molar-refractivity contribution in [1.29, 1.82) is 0 Å². The molecule has 1 aliphatic carbocycles. The molecule has 6 heteroatoms. The first kappa shape index (κ1) is 12.2. The van der Waals surface area contributed by atoms with Crippen LogP contribution in [0.25, 0.3) is 0 Å². The molecule has 1 N–H and O–H groups in total. The first-order valence-corrected chi connectivity index (χ1v) is 7.16. The first-order chi connectivity index (χ1) is 8.66. The van der Waals surface area contributed by atoms with Crippen molar-refractivity contribution in [3.63, 3.8) is 0 Å². The minimum Gasteiger partial charge on any atom is -0.340 e. The molecule has 1 unspecified atom stereocenters. The van der Waals surface area contributed by atoms with Crippen molar-refractivity contribution in [2.45, 2.75) is 37.8 Å². The summed E-state index contributed by atoms with van der Waals surface area (Å²) in [6.45, 7) is 2.32. The van der Waals surface area contributed by atoms with E-state index in [1.165, 1.54) is 32.2 Å². The third-order valence-electron chi connectivity index (χ3n) is 4.06. The number of piperidine rings is 1. The highest BCUT2D eigenvalue weighted by Gasteiger charge is 2.31. The summed E-state index contributed by atoms with van der Waals surface area (Å²) in [5.41, 5.74) is 0. The van der Waals surface area contributed by atoms with E-state index in [1.807, 2.05) is 0 Å². The molecular weight excluding hydrogens is 246 g/mol. The molecule has 1 aromatic rings. The Hall–Kier alpha value is -0.880. The lowest BCUT2D eigenvalue weighted by Gasteiger charge is -2.36. The van der Waals surface area contributed by atoms with E-state index in [4.69, 9.17) is 12.2 Å². The SMILES string of the molecule is CN1CCCC(N(C)c2n[nH]c(=S)n2C2CC2)C1. The van der Waals surface area contributed by atoms with Crippen LogP contribution < -0.4 is 4.90 Å². The normalized spacial score (nSPS) is 25.3. The molecule has 0 spiro atoms. The average molecular weight is 267 g/mol. The number of nitrogens with one attached hydrogen (secondary N) is 1. The highest BCUT2D eigenvalue weighted by atomic mass is 32.1. The number of anilines is 1. The van der Waals surface area contributed by atoms with Gasteiger partial charge in [0, 0.05) is 25.7 Å². The molecule has 5 nitrogen and oxygen atoms in total. The lowest BCUT2D eigenvalue weighted by Crippen LogP contribution is -2.45. The highest BCUT2D eigenvalue weighted by Crippen LogP contribution is 2.38. The van der Waals surface area contributed by atoms with E-state index in [9.17, 15) is 0 Å². The molecule has 2 aliphatic rings. The van der Waals surface area contributed by atoms with E-state index < -0.39 is 0 Å². The Bertz CT molecular complexity index is 475. The van der Waals surface area contributed by atoms with Crippen LogP contribution in [0.4, 0.5) is 5.95 Å². The van der Waals surface area contributed by atoms with Crippen LogP contribution in [0.1, 0.15) is 31.7 Å². The average Bonchev–Trinajstić information content (AvgIpc) is 3.12. The molecule has 1 aromatic heterocycles. The number of nitrogens with zero attached hydrogens (tertiary/aromatic N) is 4. The topological polar surface area (TPSA) is 40.1 Å². The standard InChI is InChI=1S/C12H21N5S/c1-15-7-3-4-10(8-15)16(2)11-13-14-12(18)17(11)9-5-6-9/h9-10H,3-8H2,1-2H3,(H,14,18). The molecule has 1 aliphatic heterocycles. The van der Waals surface area contributed by atoms with Gasteiger partial charge in [-0.25, -0.2) is 5.10 Å². The Morgan fingerprint density at radius 1 is 1.39 bits per heavy atom. The second kappa shape index (κ2) is 4.66. The molecule has 1 saturated carbocycles. The maximum Gasteiger partial charge on any atom is 0.226 e. The number of likely N-dealkylation sites (N-methyl/N-ethyl adjacent to an activating group) is 2. The minimum atomic E-state index is 0.548. The van der Waals surface area contributed by atoms with Gasteiger partial charge in [-0.2, -0.15) is 0 Å². The van der Waals surface area contributed by atoms with Crippen LogP contribution >= 0.6 is 12.2 Å². The van der Waals surface area contributed by atoms with Gasteiger partial charge >= 0.3 is 0 Å². The third-order valence-corrected chi connectivity index (χ3v) is 4.35. The number of aromatic nitrogens is 3. The van der Waals surface area contributed by atoms with Crippen molar-refractivity contribution in [2.24, 2.45) is 0 Å².